The number of carbonyl (C=O) groups is 1. The number of aromatic nitrogens is 1. The van der Waals surface area contributed by atoms with E-state index in [4.69, 9.17) is 0 Å². The Labute approximate surface area is 94.8 Å². The SMILES string of the molecule is CC(=O)SCCC=Cc1cccc(C)n1. The molecule has 15 heavy (non-hydrogen) atoms. The van der Waals surface area contributed by atoms with Gasteiger partial charge < -0.3 is 0 Å². The van der Waals surface area contributed by atoms with Gasteiger partial charge in [0.1, 0.15) is 0 Å². The van der Waals surface area contributed by atoms with E-state index >= 15 is 0 Å². The topological polar surface area (TPSA) is 30.0 Å². The smallest absolute Gasteiger partial charge is 0.185 e. The van der Waals surface area contributed by atoms with E-state index < -0.39 is 0 Å². The molecule has 0 spiro atoms. The molecule has 3 heteroatoms. The Hall–Kier alpha value is -1.09. The van der Waals surface area contributed by atoms with Gasteiger partial charge in [0, 0.05) is 18.4 Å². The molecule has 1 aromatic heterocycles. The van der Waals surface area contributed by atoms with Crippen LogP contribution in [0.25, 0.3) is 6.08 Å². The molecule has 0 radical (unpaired) electrons. The Morgan fingerprint density at radius 1 is 1.53 bits per heavy atom. The first-order valence-corrected chi connectivity index (χ1v) is 5.90. The van der Waals surface area contributed by atoms with E-state index in [0.717, 1.165) is 23.6 Å². The van der Waals surface area contributed by atoms with Gasteiger partial charge in [-0.1, -0.05) is 23.9 Å². The Morgan fingerprint density at radius 3 is 3.00 bits per heavy atom. The number of nitrogens with zero attached hydrogens (tertiary/aromatic N) is 1. The molecule has 0 aliphatic carbocycles. The molecule has 0 atom stereocenters. The summed E-state index contributed by atoms with van der Waals surface area (Å²) in [5.41, 5.74) is 2.00. The molecule has 0 unspecified atom stereocenters. The summed E-state index contributed by atoms with van der Waals surface area (Å²) < 4.78 is 0. The fourth-order valence-corrected chi connectivity index (χ4v) is 1.67. The lowest BCUT2D eigenvalue weighted by Crippen LogP contribution is -1.85. The van der Waals surface area contributed by atoms with Gasteiger partial charge in [-0.15, -0.1) is 0 Å². The summed E-state index contributed by atoms with van der Waals surface area (Å²) in [6.07, 6.45) is 4.95. The van der Waals surface area contributed by atoms with Gasteiger partial charge >= 0.3 is 0 Å². The van der Waals surface area contributed by atoms with Crippen molar-refractivity contribution in [2.24, 2.45) is 0 Å². The van der Waals surface area contributed by atoms with Crippen molar-refractivity contribution in [2.75, 3.05) is 5.75 Å². The predicted molar refractivity (Wildman–Crippen MR) is 65.8 cm³/mol. The summed E-state index contributed by atoms with van der Waals surface area (Å²) >= 11 is 1.36. The second-order valence-corrected chi connectivity index (χ2v) is 4.51. The fraction of sp³-hybridized carbons (Fsp3) is 0.333. The summed E-state index contributed by atoms with van der Waals surface area (Å²) in [6.45, 7) is 3.57. The average Bonchev–Trinajstić information content (AvgIpc) is 2.17. The molecule has 1 heterocycles. The summed E-state index contributed by atoms with van der Waals surface area (Å²) in [4.78, 5) is 15.0. The highest BCUT2D eigenvalue weighted by Crippen LogP contribution is 2.06. The van der Waals surface area contributed by atoms with Crippen LogP contribution in [0, 0.1) is 6.92 Å². The van der Waals surface area contributed by atoms with Crippen LogP contribution in [0.5, 0.6) is 0 Å². The monoisotopic (exact) mass is 221 g/mol. The van der Waals surface area contributed by atoms with Crippen molar-refractivity contribution in [3.63, 3.8) is 0 Å². The van der Waals surface area contributed by atoms with Crippen LogP contribution in [-0.2, 0) is 4.79 Å². The van der Waals surface area contributed by atoms with E-state index in [-0.39, 0.29) is 5.12 Å². The maximum absolute atomic E-state index is 10.6. The number of hydrogen-bond donors (Lipinski definition) is 0. The van der Waals surface area contributed by atoms with E-state index in [1.54, 1.807) is 6.92 Å². The minimum atomic E-state index is 0.178. The van der Waals surface area contributed by atoms with Crippen LogP contribution in [-0.4, -0.2) is 15.9 Å². The average molecular weight is 221 g/mol. The van der Waals surface area contributed by atoms with Crippen molar-refractivity contribution < 1.29 is 4.79 Å². The minimum absolute atomic E-state index is 0.178. The van der Waals surface area contributed by atoms with Gasteiger partial charge in [-0.2, -0.15) is 0 Å². The van der Waals surface area contributed by atoms with Crippen LogP contribution in [0.4, 0.5) is 0 Å². The number of pyridine rings is 1. The molecule has 80 valence electrons. The fourth-order valence-electron chi connectivity index (χ4n) is 1.13. The first-order valence-electron chi connectivity index (χ1n) is 4.92. The lowest BCUT2D eigenvalue weighted by Gasteiger charge is -1.95. The van der Waals surface area contributed by atoms with Gasteiger partial charge in [-0.25, -0.2) is 0 Å². The zero-order chi connectivity index (χ0) is 11.1. The highest BCUT2D eigenvalue weighted by atomic mass is 32.2. The van der Waals surface area contributed by atoms with Crippen molar-refractivity contribution in [1.29, 1.82) is 0 Å². The molecule has 0 bridgehead atoms. The minimum Gasteiger partial charge on any atom is -0.288 e. The van der Waals surface area contributed by atoms with Crippen molar-refractivity contribution >= 4 is 23.0 Å². The summed E-state index contributed by atoms with van der Waals surface area (Å²) in [6, 6.07) is 5.94. The zero-order valence-corrected chi connectivity index (χ0v) is 9.88. The number of allylic oxidation sites excluding steroid dienone is 1. The van der Waals surface area contributed by atoms with Crippen LogP contribution in [0.2, 0.25) is 0 Å². The number of hydrogen-bond acceptors (Lipinski definition) is 3. The van der Waals surface area contributed by atoms with Crippen molar-refractivity contribution in [3.05, 3.63) is 35.7 Å². The first kappa shape index (κ1) is 12.0. The molecule has 1 aromatic rings. The normalized spacial score (nSPS) is 10.8. The molecule has 0 fully saturated rings. The lowest BCUT2D eigenvalue weighted by molar-refractivity contribution is -0.109. The standard InChI is InChI=1S/C12H15NOS/c1-10-6-5-8-12(13-10)7-3-4-9-15-11(2)14/h3,5-8H,4,9H2,1-2H3. The number of aryl methyl sites for hydroxylation is 1. The van der Waals surface area contributed by atoms with Gasteiger partial charge in [0.15, 0.2) is 5.12 Å². The molecule has 2 nitrogen and oxygen atoms in total. The van der Waals surface area contributed by atoms with Crippen LogP contribution >= 0.6 is 11.8 Å². The van der Waals surface area contributed by atoms with Gasteiger partial charge in [0.2, 0.25) is 0 Å². The van der Waals surface area contributed by atoms with E-state index in [2.05, 4.69) is 11.1 Å². The molecule has 0 saturated carbocycles. The van der Waals surface area contributed by atoms with Crippen molar-refractivity contribution in [2.45, 2.75) is 20.3 Å². The number of rotatable bonds is 4. The zero-order valence-electron chi connectivity index (χ0n) is 9.06. The van der Waals surface area contributed by atoms with Crippen molar-refractivity contribution in [3.8, 4) is 0 Å². The second kappa shape index (κ2) is 6.40. The molecular formula is C12H15NOS. The summed E-state index contributed by atoms with van der Waals surface area (Å²) in [5, 5.41) is 0.178. The Morgan fingerprint density at radius 2 is 2.33 bits per heavy atom. The van der Waals surface area contributed by atoms with Gasteiger partial charge in [0.25, 0.3) is 0 Å². The number of carbonyl (C=O) groups excluding carboxylic acids is 1. The Bertz CT molecular complexity index is 360. The Balaban J connectivity index is 2.35. The third kappa shape index (κ3) is 5.37. The quantitative estimate of drug-likeness (QED) is 0.732. The van der Waals surface area contributed by atoms with E-state index in [1.165, 1.54) is 11.8 Å². The highest BCUT2D eigenvalue weighted by molar-refractivity contribution is 8.13. The van der Waals surface area contributed by atoms with E-state index in [1.807, 2.05) is 31.2 Å². The maximum atomic E-state index is 10.6. The van der Waals surface area contributed by atoms with Gasteiger partial charge in [-0.05, 0) is 31.6 Å². The largest absolute Gasteiger partial charge is 0.288 e. The summed E-state index contributed by atoms with van der Waals surface area (Å²) in [7, 11) is 0. The maximum Gasteiger partial charge on any atom is 0.185 e. The second-order valence-electron chi connectivity index (χ2n) is 3.23. The van der Waals surface area contributed by atoms with Gasteiger partial charge in [0.05, 0.1) is 5.69 Å². The third-order valence-corrected chi connectivity index (χ3v) is 2.63. The van der Waals surface area contributed by atoms with Crippen molar-refractivity contribution in [1.82, 2.24) is 4.98 Å². The molecule has 0 aromatic carbocycles. The van der Waals surface area contributed by atoms with E-state index in [9.17, 15) is 4.79 Å². The lowest BCUT2D eigenvalue weighted by atomic mass is 10.3. The summed E-state index contributed by atoms with van der Waals surface area (Å²) in [5.74, 6) is 0.845. The highest BCUT2D eigenvalue weighted by Gasteiger charge is 1.91. The molecule has 0 aliphatic heterocycles. The number of thioether (sulfide) groups is 1. The third-order valence-electron chi connectivity index (χ3n) is 1.79. The molecule has 0 N–H and O–H groups in total. The van der Waals surface area contributed by atoms with Crippen LogP contribution in [0.15, 0.2) is 24.3 Å². The Kier molecular flexibility index (Phi) is 5.12. The molecule has 0 saturated heterocycles. The first-order chi connectivity index (χ1) is 7.18. The van der Waals surface area contributed by atoms with Crippen LogP contribution in [0.1, 0.15) is 24.7 Å². The van der Waals surface area contributed by atoms with Crippen LogP contribution < -0.4 is 0 Å². The molecule has 0 amide bonds. The molecule has 1 rings (SSSR count). The molecule has 0 aliphatic rings. The predicted octanol–water partition coefficient (Wildman–Crippen LogP) is 3.07. The van der Waals surface area contributed by atoms with Gasteiger partial charge in [-0.3, -0.25) is 9.78 Å². The molecular weight excluding hydrogens is 206 g/mol. The van der Waals surface area contributed by atoms with Crippen LogP contribution in [0.3, 0.4) is 0 Å². The van der Waals surface area contributed by atoms with E-state index in [0.29, 0.717) is 0 Å².